The van der Waals surface area contributed by atoms with Gasteiger partial charge in [0.1, 0.15) is 30.5 Å². The summed E-state index contributed by atoms with van der Waals surface area (Å²) in [5, 5.41) is 15.6. The smallest absolute Gasteiger partial charge is 0.178 e. The Kier molecular flexibility index (Phi) is 5.93. The molecule has 4 aromatic carbocycles. The Morgan fingerprint density at radius 2 is 1.52 bits per heavy atom. The van der Waals surface area contributed by atoms with Crippen molar-refractivity contribution in [3.63, 3.8) is 0 Å². The van der Waals surface area contributed by atoms with Crippen LogP contribution in [0.5, 0.6) is 11.5 Å². The average Bonchev–Trinajstić information content (AvgIpc) is 3.36. The minimum absolute atomic E-state index is 0.227. The van der Waals surface area contributed by atoms with Crippen LogP contribution in [0.2, 0.25) is 0 Å². The van der Waals surface area contributed by atoms with E-state index >= 15 is 0 Å². The fourth-order valence-corrected chi connectivity index (χ4v) is 3.63. The number of aromatic amines is 1. The zero-order chi connectivity index (χ0) is 22.5. The Morgan fingerprint density at radius 1 is 0.758 bits per heavy atom. The summed E-state index contributed by atoms with van der Waals surface area (Å²) in [4.78, 5) is 0. The Labute approximate surface area is 190 Å². The number of nitrogens with zero attached hydrogens (tertiary/aromatic N) is 3. The number of tetrazole rings is 1. The largest absolute Gasteiger partial charge is 0.489 e. The third-order valence-corrected chi connectivity index (χ3v) is 5.37. The van der Waals surface area contributed by atoms with Crippen LogP contribution in [0, 0.1) is 5.82 Å². The SMILES string of the molecule is Fc1cccc2ccc(COc3ccc(OCc4ccccc4Cc4nn[nH]n4)cc3)cc12. The normalized spacial score (nSPS) is 10.9. The maximum atomic E-state index is 14.0. The van der Waals surface area contributed by atoms with E-state index < -0.39 is 0 Å². The molecule has 7 heteroatoms. The predicted octanol–water partition coefficient (Wildman–Crippen LogP) is 5.24. The third kappa shape index (κ3) is 4.98. The van der Waals surface area contributed by atoms with Crippen LogP contribution < -0.4 is 9.47 Å². The quantitative estimate of drug-likeness (QED) is 0.357. The number of hydrogen-bond acceptors (Lipinski definition) is 5. The number of halogens is 1. The van der Waals surface area contributed by atoms with Crippen molar-refractivity contribution in [2.24, 2.45) is 0 Å². The summed E-state index contributed by atoms with van der Waals surface area (Å²) in [5.74, 6) is 1.87. The van der Waals surface area contributed by atoms with Crippen molar-refractivity contribution in [3.05, 3.63) is 113 Å². The number of aromatic nitrogens is 4. The van der Waals surface area contributed by atoms with Gasteiger partial charge in [-0.2, -0.15) is 5.21 Å². The highest BCUT2D eigenvalue weighted by Gasteiger charge is 2.08. The van der Waals surface area contributed by atoms with Gasteiger partial charge in [0.15, 0.2) is 5.82 Å². The second kappa shape index (κ2) is 9.48. The molecule has 33 heavy (non-hydrogen) atoms. The molecule has 5 aromatic rings. The van der Waals surface area contributed by atoms with Crippen molar-refractivity contribution in [2.75, 3.05) is 0 Å². The van der Waals surface area contributed by atoms with Gasteiger partial charge in [0.25, 0.3) is 0 Å². The van der Waals surface area contributed by atoms with Crippen LogP contribution in [0.1, 0.15) is 22.5 Å². The Bertz CT molecular complexity index is 1350. The number of nitrogens with one attached hydrogen (secondary N) is 1. The molecule has 1 aromatic heterocycles. The first kappa shape index (κ1) is 20.6. The molecular weight excluding hydrogens is 419 g/mol. The molecule has 164 valence electrons. The molecule has 5 rings (SSSR count). The molecule has 0 bridgehead atoms. The maximum absolute atomic E-state index is 14.0. The van der Waals surface area contributed by atoms with E-state index in [1.807, 2.05) is 72.8 Å². The van der Waals surface area contributed by atoms with E-state index in [0.717, 1.165) is 27.8 Å². The average molecular weight is 440 g/mol. The van der Waals surface area contributed by atoms with Crippen LogP contribution in [-0.2, 0) is 19.6 Å². The van der Waals surface area contributed by atoms with Gasteiger partial charge in [-0.25, -0.2) is 4.39 Å². The lowest BCUT2D eigenvalue weighted by Gasteiger charge is -2.11. The second-order valence-corrected chi connectivity index (χ2v) is 7.62. The summed E-state index contributed by atoms with van der Waals surface area (Å²) in [5.41, 5.74) is 3.06. The zero-order valence-corrected chi connectivity index (χ0v) is 17.7. The summed E-state index contributed by atoms with van der Waals surface area (Å²) in [6.07, 6.45) is 0.585. The molecule has 6 nitrogen and oxygen atoms in total. The number of fused-ring (bicyclic) bond motifs is 1. The lowest BCUT2D eigenvalue weighted by Crippen LogP contribution is -2.02. The fourth-order valence-electron chi connectivity index (χ4n) is 3.63. The van der Waals surface area contributed by atoms with Gasteiger partial charge in [-0.1, -0.05) is 53.7 Å². The molecule has 0 spiro atoms. The van der Waals surface area contributed by atoms with Gasteiger partial charge < -0.3 is 9.47 Å². The number of rotatable bonds is 8. The Morgan fingerprint density at radius 3 is 2.27 bits per heavy atom. The van der Waals surface area contributed by atoms with Crippen molar-refractivity contribution in [1.82, 2.24) is 20.6 Å². The molecule has 0 aliphatic heterocycles. The maximum Gasteiger partial charge on any atom is 0.178 e. The lowest BCUT2D eigenvalue weighted by molar-refractivity contribution is 0.297. The molecule has 1 N–H and O–H groups in total. The monoisotopic (exact) mass is 440 g/mol. The minimum Gasteiger partial charge on any atom is -0.489 e. The summed E-state index contributed by atoms with van der Waals surface area (Å²) < 4.78 is 25.9. The summed E-state index contributed by atoms with van der Waals surface area (Å²) in [6.45, 7) is 0.783. The van der Waals surface area contributed by atoms with Crippen molar-refractivity contribution < 1.29 is 13.9 Å². The van der Waals surface area contributed by atoms with Gasteiger partial charge in [-0.05, 0) is 58.5 Å². The molecule has 0 fully saturated rings. The van der Waals surface area contributed by atoms with E-state index in [-0.39, 0.29) is 5.82 Å². The van der Waals surface area contributed by atoms with Crippen molar-refractivity contribution in [2.45, 2.75) is 19.6 Å². The molecule has 0 saturated heterocycles. The predicted molar refractivity (Wildman–Crippen MR) is 122 cm³/mol. The van der Waals surface area contributed by atoms with Gasteiger partial charge >= 0.3 is 0 Å². The third-order valence-electron chi connectivity index (χ3n) is 5.37. The van der Waals surface area contributed by atoms with Crippen LogP contribution in [0.4, 0.5) is 4.39 Å². The fraction of sp³-hybridized carbons (Fsp3) is 0.115. The minimum atomic E-state index is -0.227. The van der Waals surface area contributed by atoms with Gasteiger partial charge in [0.05, 0.1) is 0 Å². The van der Waals surface area contributed by atoms with Crippen LogP contribution in [-0.4, -0.2) is 20.6 Å². The molecule has 0 amide bonds. The molecule has 0 atom stereocenters. The van der Waals surface area contributed by atoms with Gasteiger partial charge in [-0.3, -0.25) is 0 Å². The van der Waals surface area contributed by atoms with Crippen LogP contribution in [0.25, 0.3) is 10.8 Å². The number of H-pyrrole nitrogens is 1. The summed E-state index contributed by atoms with van der Waals surface area (Å²) in [7, 11) is 0. The van der Waals surface area contributed by atoms with Gasteiger partial charge in [0, 0.05) is 11.8 Å². The van der Waals surface area contributed by atoms with Crippen LogP contribution in [0.15, 0.2) is 84.9 Å². The van der Waals surface area contributed by atoms with Crippen LogP contribution in [0.3, 0.4) is 0 Å². The summed E-state index contributed by atoms with van der Waals surface area (Å²) >= 11 is 0. The molecule has 0 aliphatic rings. The zero-order valence-electron chi connectivity index (χ0n) is 17.7. The lowest BCUT2D eigenvalue weighted by atomic mass is 10.1. The van der Waals surface area contributed by atoms with Gasteiger partial charge in [0.2, 0.25) is 0 Å². The van der Waals surface area contributed by atoms with Crippen molar-refractivity contribution in [1.29, 1.82) is 0 Å². The van der Waals surface area contributed by atoms with E-state index in [1.165, 1.54) is 6.07 Å². The Hall–Kier alpha value is -4.26. The molecule has 0 aliphatic carbocycles. The first-order valence-electron chi connectivity index (χ1n) is 10.6. The molecule has 0 unspecified atom stereocenters. The van der Waals surface area contributed by atoms with Gasteiger partial charge in [-0.15, -0.1) is 10.2 Å². The first-order valence-corrected chi connectivity index (χ1v) is 10.6. The highest BCUT2D eigenvalue weighted by molar-refractivity contribution is 5.83. The number of ether oxygens (including phenoxy) is 2. The highest BCUT2D eigenvalue weighted by Crippen LogP contribution is 2.23. The Balaban J connectivity index is 1.19. The molecule has 0 saturated carbocycles. The number of hydrogen-bond donors (Lipinski definition) is 1. The van der Waals surface area contributed by atoms with Crippen LogP contribution >= 0.6 is 0 Å². The van der Waals surface area contributed by atoms with E-state index in [0.29, 0.717) is 36.6 Å². The molecular formula is C26H21FN4O2. The topological polar surface area (TPSA) is 72.9 Å². The standard InChI is InChI=1S/C26H21FN4O2/c27-25-7-3-6-19-9-8-18(14-24(19)25)16-32-22-10-12-23(13-11-22)33-17-21-5-2-1-4-20(21)15-26-28-30-31-29-26/h1-14H,15-17H2,(H,28,29,30,31). The molecule has 0 radical (unpaired) electrons. The van der Waals surface area contributed by atoms with Crippen molar-refractivity contribution >= 4 is 10.8 Å². The summed E-state index contributed by atoms with van der Waals surface area (Å²) in [6, 6.07) is 26.3. The van der Waals surface area contributed by atoms with E-state index in [9.17, 15) is 4.39 Å². The van der Waals surface area contributed by atoms with E-state index in [1.54, 1.807) is 6.07 Å². The van der Waals surface area contributed by atoms with E-state index in [4.69, 9.17) is 9.47 Å². The van der Waals surface area contributed by atoms with Crippen molar-refractivity contribution in [3.8, 4) is 11.5 Å². The van der Waals surface area contributed by atoms with E-state index in [2.05, 4.69) is 20.6 Å². The first-order chi connectivity index (χ1) is 16.2. The number of benzene rings is 4. The highest BCUT2D eigenvalue weighted by atomic mass is 19.1. The second-order valence-electron chi connectivity index (χ2n) is 7.62. The molecule has 1 heterocycles.